The highest BCUT2D eigenvalue weighted by Gasteiger charge is 2.34. The third-order valence-electron chi connectivity index (χ3n) is 3.46. The summed E-state index contributed by atoms with van der Waals surface area (Å²) in [5, 5.41) is 12.6. The zero-order valence-corrected chi connectivity index (χ0v) is 10.6. The molecule has 0 saturated carbocycles. The summed E-state index contributed by atoms with van der Waals surface area (Å²) in [5.74, 6) is -0.728. The van der Waals surface area contributed by atoms with Gasteiger partial charge >= 0.3 is 5.97 Å². The van der Waals surface area contributed by atoms with Gasteiger partial charge in [0.2, 0.25) is 0 Å². The quantitative estimate of drug-likeness (QED) is 0.745. The van der Waals surface area contributed by atoms with Crippen LogP contribution in [0.25, 0.3) is 0 Å². The molecule has 1 fully saturated rings. The first-order valence-corrected chi connectivity index (χ1v) is 6.17. The maximum atomic E-state index is 11.3. The molecule has 0 amide bonds. The maximum Gasteiger partial charge on any atom is 0.323 e. The van der Waals surface area contributed by atoms with Crippen LogP contribution in [0.3, 0.4) is 0 Å². The number of carboxylic acids is 1. The topological polar surface area (TPSA) is 52.6 Å². The molecule has 1 rings (SSSR count). The van der Waals surface area contributed by atoms with Crippen molar-refractivity contribution in [2.75, 3.05) is 20.1 Å². The second-order valence-electron chi connectivity index (χ2n) is 5.11. The number of nitrogens with zero attached hydrogens (tertiary/aromatic N) is 1. The van der Waals surface area contributed by atoms with Gasteiger partial charge < -0.3 is 10.0 Å². The zero-order valence-electron chi connectivity index (χ0n) is 10.6. The molecular formula is C12H24N2O2. The average molecular weight is 228 g/mol. The Morgan fingerprint density at radius 1 is 1.50 bits per heavy atom. The Hall–Kier alpha value is -0.610. The Bertz CT molecular complexity index is 237. The summed E-state index contributed by atoms with van der Waals surface area (Å²) in [7, 11) is 2.11. The summed E-state index contributed by atoms with van der Waals surface area (Å²) in [5.41, 5.74) is -0.755. The van der Waals surface area contributed by atoms with E-state index in [2.05, 4.69) is 17.3 Å². The van der Waals surface area contributed by atoms with E-state index in [1.165, 1.54) is 0 Å². The lowest BCUT2D eigenvalue weighted by Crippen LogP contribution is -2.56. The minimum absolute atomic E-state index is 0.351. The lowest BCUT2D eigenvalue weighted by atomic mass is 9.93. The van der Waals surface area contributed by atoms with Gasteiger partial charge in [-0.1, -0.05) is 13.3 Å². The standard InChI is InChI=1S/C12H24N2O2/c1-4-7-12(2,11(15)16)13-10-5-8-14(3)9-6-10/h10,13H,4-9H2,1-3H3,(H,15,16). The number of nitrogens with one attached hydrogen (secondary N) is 1. The van der Waals surface area contributed by atoms with Crippen LogP contribution in [-0.4, -0.2) is 47.7 Å². The van der Waals surface area contributed by atoms with E-state index in [4.69, 9.17) is 0 Å². The highest BCUT2D eigenvalue weighted by molar-refractivity contribution is 5.78. The fraction of sp³-hybridized carbons (Fsp3) is 0.917. The van der Waals surface area contributed by atoms with Gasteiger partial charge in [0.15, 0.2) is 0 Å². The van der Waals surface area contributed by atoms with Crippen molar-refractivity contribution < 1.29 is 9.90 Å². The summed E-state index contributed by atoms with van der Waals surface area (Å²) >= 11 is 0. The second kappa shape index (κ2) is 5.64. The number of hydrogen-bond acceptors (Lipinski definition) is 3. The molecule has 16 heavy (non-hydrogen) atoms. The number of likely N-dealkylation sites (tertiary alicyclic amines) is 1. The van der Waals surface area contributed by atoms with Crippen molar-refractivity contribution in [2.24, 2.45) is 0 Å². The first-order valence-electron chi connectivity index (χ1n) is 6.17. The van der Waals surface area contributed by atoms with Gasteiger partial charge in [-0.05, 0) is 46.3 Å². The Labute approximate surface area is 98.0 Å². The van der Waals surface area contributed by atoms with Crippen molar-refractivity contribution in [1.29, 1.82) is 0 Å². The molecule has 1 aliphatic rings. The minimum atomic E-state index is -0.755. The molecule has 4 heteroatoms. The Kier molecular flexibility index (Phi) is 4.74. The predicted octanol–water partition coefficient (Wildman–Crippen LogP) is 1.31. The number of rotatable bonds is 5. The number of aliphatic carboxylic acids is 1. The van der Waals surface area contributed by atoms with Gasteiger partial charge in [-0.2, -0.15) is 0 Å². The van der Waals surface area contributed by atoms with E-state index in [1.807, 2.05) is 6.92 Å². The van der Waals surface area contributed by atoms with Crippen LogP contribution in [0.1, 0.15) is 39.5 Å². The van der Waals surface area contributed by atoms with E-state index < -0.39 is 11.5 Å². The van der Waals surface area contributed by atoms with Crippen molar-refractivity contribution in [2.45, 2.75) is 51.1 Å². The summed E-state index contributed by atoms with van der Waals surface area (Å²) in [6.07, 6.45) is 3.67. The second-order valence-corrected chi connectivity index (χ2v) is 5.11. The molecular weight excluding hydrogens is 204 g/mol. The summed E-state index contributed by atoms with van der Waals surface area (Å²) in [4.78, 5) is 13.6. The van der Waals surface area contributed by atoms with E-state index in [0.29, 0.717) is 12.5 Å². The normalized spacial score (nSPS) is 22.9. The van der Waals surface area contributed by atoms with Crippen LogP contribution >= 0.6 is 0 Å². The first-order chi connectivity index (χ1) is 7.48. The average Bonchev–Trinajstić information content (AvgIpc) is 2.22. The van der Waals surface area contributed by atoms with Crippen molar-refractivity contribution in [1.82, 2.24) is 10.2 Å². The molecule has 1 unspecified atom stereocenters. The molecule has 0 aromatic heterocycles. The van der Waals surface area contributed by atoms with Gasteiger partial charge in [0, 0.05) is 6.04 Å². The van der Waals surface area contributed by atoms with Crippen LogP contribution in [0.2, 0.25) is 0 Å². The molecule has 0 aromatic rings. The highest BCUT2D eigenvalue weighted by atomic mass is 16.4. The molecule has 0 spiro atoms. The molecule has 0 bridgehead atoms. The Balaban J connectivity index is 2.52. The fourth-order valence-electron chi connectivity index (χ4n) is 2.34. The predicted molar refractivity (Wildman–Crippen MR) is 64.6 cm³/mol. The van der Waals surface area contributed by atoms with E-state index in [-0.39, 0.29) is 0 Å². The molecule has 1 atom stereocenters. The zero-order chi connectivity index (χ0) is 12.2. The van der Waals surface area contributed by atoms with E-state index >= 15 is 0 Å². The van der Waals surface area contributed by atoms with Crippen LogP contribution < -0.4 is 5.32 Å². The number of piperidine rings is 1. The molecule has 94 valence electrons. The van der Waals surface area contributed by atoms with Crippen LogP contribution in [-0.2, 0) is 4.79 Å². The lowest BCUT2D eigenvalue weighted by molar-refractivity contribution is -0.145. The van der Waals surface area contributed by atoms with Gasteiger partial charge in [0.25, 0.3) is 0 Å². The third kappa shape index (κ3) is 3.46. The number of carbonyl (C=O) groups is 1. The first kappa shape index (κ1) is 13.5. The monoisotopic (exact) mass is 228 g/mol. The smallest absolute Gasteiger partial charge is 0.323 e. The van der Waals surface area contributed by atoms with Gasteiger partial charge in [0.1, 0.15) is 5.54 Å². The maximum absolute atomic E-state index is 11.3. The molecule has 1 saturated heterocycles. The van der Waals surface area contributed by atoms with Crippen molar-refractivity contribution in [3.05, 3.63) is 0 Å². The molecule has 1 heterocycles. The molecule has 4 nitrogen and oxygen atoms in total. The van der Waals surface area contributed by atoms with E-state index in [1.54, 1.807) is 6.92 Å². The Morgan fingerprint density at radius 2 is 2.06 bits per heavy atom. The fourth-order valence-corrected chi connectivity index (χ4v) is 2.34. The summed E-state index contributed by atoms with van der Waals surface area (Å²) < 4.78 is 0. The number of carboxylic acid groups (broad SMARTS) is 1. The van der Waals surface area contributed by atoms with Gasteiger partial charge in [-0.3, -0.25) is 10.1 Å². The summed E-state index contributed by atoms with van der Waals surface area (Å²) in [6.45, 7) is 5.94. The minimum Gasteiger partial charge on any atom is -0.480 e. The molecule has 1 aliphatic heterocycles. The SMILES string of the molecule is CCCC(C)(NC1CCN(C)CC1)C(=O)O. The molecule has 0 aromatic carbocycles. The van der Waals surface area contributed by atoms with Gasteiger partial charge in [0.05, 0.1) is 0 Å². The van der Waals surface area contributed by atoms with Crippen LogP contribution in [0, 0.1) is 0 Å². The van der Waals surface area contributed by atoms with E-state index in [0.717, 1.165) is 32.4 Å². The molecule has 0 aliphatic carbocycles. The summed E-state index contributed by atoms with van der Waals surface area (Å²) in [6, 6.07) is 0.351. The molecule has 2 N–H and O–H groups in total. The van der Waals surface area contributed by atoms with Gasteiger partial charge in [-0.15, -0.1) is 0 Å². The Morgan fingerprint density at radius 3 is 2.50 bits per heavy atom. The van der Waals surface area contributed by atoms with Crippen LogP contribution in [0.4, 0.5) is 0 Å². The van der Waals surface area contributed by atoms with Crippen LogP contribution in [0.5, 0.6) is 0 Å². The number of hydrogen-bond donors (Lipinski definition) is 2. The third-order valence-corrected chi connectivity index (χ3v) is 3.46. The van der Waals surface area contributed by atoms with Crippen molar-refractivity contribution in [3.8, 4) is 0 Å². The van der Waals surface area contributed by atoms with Crippen LogP contribution in [0.15, 0.2) is 0 Å². The molecule has 0 radical (unpaired) electrons. The van der Waals surface area contributed by atoms with Gasteiger partial charge in [-0.25, -0.2) is 0 Å². The lowest BCUT2D eigenvalue weighted by Gasteiger charge is -2.36. The largest absolute Gasteiger partial charge is 0.480 e. The highest BCUT2D eigenvalue weighted by Crippen LogP contribution is 2.18. The van der Waals surface area contributed by atoms with E-state index in [9.17, 15) is 9.90 Å². The van der Waals surface area contributed by atoms with Crippen molar-refractivity contribution >= 4 is 5.97 Å². The van der Waals surface area contributed by atoms with Crippen molar-refractivity contribution in [3.63, 3.8) is 0 Å².